The molecule has 1 heterocycles. The number of halogens is 1. The smallest absolute Gasteiger partial charge is 0.199 e. The average molecular weight is 271 g/mol. The fraction of sp³-hybridized carbons (Fsp3) is 0.364. The van der Waals surface area contributed by atoms with Crippen molar-refractivity contribution in [3.8, 4) is 0 Å². The number of thiophene rings is 1. The maximum atomic E-state index is 12.0. The van der Waals surface area contributed by atoms with E-state index in [0.717, 1.165) is 34.2 Å². The van der Waals surface area contributed by atoms with Crippen LogP contribution in [0.5, 0.6) is 0 Å². The topological polar surface area (TPSA) is 17.1 Å². The number of Topliss-reactive ketones (excluding diaryl/α,β-unsaturated/α-hetero) is 1. The van der Waals surface area contributed by atoms with E-state index in [-0.39, 0.29) is 5.78 Å². The van der Waals surface area contributed by atoms with Crippen molar-refractivity contribution in [1.82, 2.24) is 0 Å². The summed E-state index contributed by atoms with van der Waals surface area (Å²) in [5.74, 6) is 0.214. The molecule has 0 spiro atoms. The van der Waals surface area contributed by atoms with Crippen LogP contribution in [0.15, 0.2) is 27.6 Å². The molecular weight excluding hydrogens is 260 g/mol. The van der Waals surface area contributed by atoms with Crippen LogP contribution >= 0.6 is 27.3 Å². The summed E-state index contributed by atoms with van der Waals surface area (Å²) in [6, 6.07) is 1.93. The fourth-order valence-electron chi connectivity index (χ4n) is 1.65. The number of hydrogen-bond acceptors (Lipinski definition) is 2. The lowest BCUT2D eigenvalue weighted by Crippen LogP contribution is -2.05. The molecule has 14 heavy (non-hydrogen) atoms. The van der Waals surface area contributed by atoms with Crippen molar-refractivity contribution in [2.24, 2.45) is 0 Å². The summed E-state index contributed by atoms with van der Waals surface area (Å²) in [4.78, 5) is 12.8. The summed E-state index contributed by atoms with van der Waals surface area (Å²) < 4.78 is 0.930. The molecule has 3 heteroatoms. The molecule has 0 saturated heterocycles. The van der Waals surface area contributed by atoms with Gasteiger partial charge in [-0.1, -0.05) is 6.08 Å². The third-order valence-corrected chi connectivity index (χ3v) is 4.24. The minimum Gasteiger partial charge on any atom is -0.288 e. The van der Waals surface area contributed by atoms with Crippen molar-refractivity contribution >= 4 is 33.0 Å². The molecule has 0 aliphatic heterocycles. The number of allylic oxidation sites excluding steroid dienone is 2. The maximum absolute atomic E-state index is 12.0. The van der Waals surface area contributed by atoms with E-state index in [2.05, 4.69) is 22.0 Å². The van der Waals surface area contributed by atoms with Gasteiger partial charge >= 0.3 is 0 Å². The van der Waals surface area contributed by atoms with Crippen molar-refractivity contribution in [1.29, 1.82) is 0 Å². The van der Waals surface area contributed by atoms with Gasteiger partial charge < -0.3 is 0 Å². The molecule has 1 nitrogen and oxygen atoms in total. The van der Waals surface area contributed by atoms with E-state index in [1.54, 1.807) is 0 Å². The minimum absolute atomic E-state index is 0.214. The van der Waals surface area contributed by atoms with Gasteiger partial charge in [0.1, 0.15) is 0 Å². The molecule has 0 saturated carbocycles. The normalized spacial score (nSPS) is 16.5. The van der Waals surface area contributed by atoms with Crippen LogP contribution in [0.4, 0.5) is 0 Å². The number of ketones is 1. The first kappa shape index (κ1) is 10.1. The molecule has 1 aromatic rings. The molecule has 74 valence electrons. The number of hydrogen-bond donors (Lipinski definition) is 0. The lowest BCUT2D eigenvalue weighted by Gasteiger charge is -2.10. The van der Waals surface area contributed by atoms with Crippen molar-refractivity contribution in [2.75, 3.05) is 0 Å². The lowest BCUT2D eigenvalue weighted by molar-refractivity contribution is 0.103. The zero-order valence-corrected chi connectivity index (χ0v) is 10.2. The number of rotatable bonds is 2. The summed E-state index contributed by atoms with van der Waals surface area (Å²) in [7, 11) is 0. The second kappa shape index (κ2) is 4.41. The number of carbonyl (C=O) groups is 1. The highest BCUT2D eigenvalue weighted by atomic mass is 79.9. The second-order valence-corrected chi connectivity index (χ2v) is 5.17. The predicted octanol–water partition coefficient (Wildman–Crippen LogP) is 4.19. The van der Waals surface area contributed by atoms with Crippen LogP contribution in [-0.2, 0) is 0 Å². The third-order valence-electron chi connectivity index (χ3n) is 2.41. The van der Waals surface area contributed by atoms with Gasteiger partial charge in [0.25, 0.3) is 0 Å². The second-order valence-electron chi connectivity index (χ2n) is 3.40. The monoisotopic (exact) mass is 270 g/mol. The Morgan fingerprint density at radius 1 is 1.43 bits per heavy atom. The summed E-state index contributed by atoms with van der Waals surface area (Å²) >= 11 is 4.91. The van der Waals surface area contributed by atoms with E-state index >= 15 is 0 Å². The van der Waals surface area contributed by atoms with Gasteiger partial charge in [-0.25, -0.2) is 0 Å². The molecule has 0 aromatic carbocycles. The van der Waals surface area contributed by atoms with Gasteiger partial charge in [-0.3, -0.25) is 4.79 Å². The summed E-state index contributed by atoms with van der Waals surface area (Å²) in [5, 5.41) is 1.95. The summed E-state index contributed by atoms with van der Waals surface area (Å²) in [6.07, 6.45) is 6.48. The van der Waals surface area contributed by atoms with E-state index in [9.17, 15) is 4.79 Å². The van der Waals surface area contributed by atoms with Gasteiger partial charge in [0, 0.05) is 4.47 Å². The van der Waals surface area contributed by atoms with Crippen molar-refractivity contribution in [2.45, 2.75) is 25.7 Å². The predicted molar refractivity (Wildman–Crippen MR) is 62.9 cm³/mol. The molecule has 0 N–H and O–H groups in total. The first-order valence-corrected chi connectivity index (χ1v) is 6.43. The SMILES string of the molecule is O=C(C1=CCCCC1)c1sccc1Br. The number of carbonyl (C=O) groups excluding carboxylic acids is 1. The van der Waals surface area contributed by atoms with Crippen molar-refractivity contribution < 1.29 is 4.79 Å². The van der Waals surface area contributed by atoms with Crippen LogP contribution in [-0.4, -0.2) is 5.78 Å². The zero-order valence-electron chi connectivity index (χ0n) is 7.75. The Labute approximate surface area is 96.0 Å². The molecular formula is C11H11BrOS. The van der Waals surface area contributed by atoms with Crippen molar-refractivity contribution in [3.05, 3.63) is 32.4 Å². The molecule has 0 atom stereocenters. The average Bonchev–Trinajstić information content (AvgIpc) is 2.65. The van der Waals surface area contributed by atoms with Gasteiger partial charge in [-0.05, 0) is 58.6 Å². The molecule has 0 bridgehead atoms. The molecule has 1 aliphatic rings. The van der Waals surface area contributed by atoms with Crippen LogP contribution in [0, 0.1) is 0 Å². The van der Waals surface area contributed by atoms with E-state index < -0.39 is 0 Å². The van der Waals surface area contributed by atoms with Crippen LogP contribution < -0.4 is 0 Å². The highest BCUT2D eigenvalue weighted by Gasteiger charge is 2.17. The Bertz CT molecular complexity index is 378. The molecule has 0 amide bonds. The fourth-order valence-corrected chi connectivity index (χ4v) is 3.17. The lowest BCUT2D eigenvalue weighted by atomic mass is 9.96. The van der Waals surface area contributed by atoms with Gasteiger partial charge in [-0.15, -0.1) is 11.3 Å². The van der Waals surface area contributed by atoms with Gasteiger partial charge in [0.2, 0.25) is 0 Å². The molecule has 0 unspecified atom stereocenters. The molecule has 0 radical (unpaired) electrons. The first-order valence-electron chi connectivity index (χ1n) is 4.76. The van der Waals surface area contributed by atoms with Gasteiger partial charge in [-0.2, -0.15) is 0 Å². The Balaban J connectivity index is 2.23. The van der Waals surface area contributed by atoms with Crippen LogP contribution in [0.2, 0.25) is 0 Å². The first-order chi connectivity index (χ1) is 6.79. The Morgan fingerprint density at radius 2 is 2.29 bits per heavy atom. The van der Waals surface area contributed by atoms with Crippen LogP contribution in [0.25, 0.3) is 0 Å². The zero-order chi connectivity index (χ0) is 9.97. The van der Waals surface area contributed by atoms with Gasteiger partial charge in [0.05, 0.1) is 4.88 Å². The van der Waals surface area contributed by atoms with Crippen LogP contribution in [0.1, 0.15) is 35.4 Å². The third kappa shape index (κ3) is 1.98. The Kier molecular flexibility index (Phi) is 3.19. The van der Waals surface area contributed by atoms with E-state index in [4.69, 9.17) is 0 Å². The molecule has 1 aliphatic carbocycles. The quantitative estimate of drug-likeness (QED) is 0.737. The van der Waals surface area contributed by atoms with Gasteiger partial charge in [0.15, 0.2) is 5.78 Å². The highest BCUT2D eigenvalue weighted by Crippen LogP contribution is 2.28. The minimum atomic E-state index is 0.214. The van der Waals surface area contributed by atoms with E-state index in [1.165, 1.54) is 17.8 Å². The van der Waals surface area contributed by atoms with Crippen LogP contribution in [0.3, 0.4) is 0 Å². The van der Waals surface area contributed by atoms with E-state index in [0.29, 0.717) is 0 Å². The summed E-state index contributed by atoms with van der Waals surface area (Å²) in [5.41, 5.74) is 0.999. The maximum Gasteiger partial charge on any atom is 0.199 e. The Hall–Kier alpha value is -0.410. The largest absolute Gasteiger partial charge is 0.288 e. The molecule has 2 rings (SSSR count). The molecule has 1 aromatic heterocycles. The summed E-state index contributed by atoms with van der Waals surface area (Å²) in [6.45, 7) is 0. The highest BCUT2D eigenvalue weighted by molar-refractivity contribution is 9.10. The standard InChI is InChI=1S/C11H11BrOS/c12-9-6-7-14-11(9)10(13)8-4-2-1-3-5-8/h4,6-7H,1-3,5H2. The molecule has 0 fully saturated rings. The van der Waals surface area contributed by atoms with Crippen molar-refractivity contribution in [3.63, 3.8) is 0 Å². The van der Waals surface area contributed by atoms with E-state index in [1.807, 2.05) is 11.4 Å². The Morgan fingerprint density at radius 3 is 2.86 bits per heavy atom.